The van der Waals surface area contributed by atoms with Gasteiger partial charge in [0.15, 0.2) is 0 Å². The van der Waals surface area contributed by atoms with Crippen molar-refractivity contribution < 1.29 is 9.59 Å². The molecule has 0 saturated carbocycles. The minimum Gasteiger partial charge on any atom is -0.326 e. The van der Waals surface area contributed by atoms with Gasteiger partial charge in [-0.15, -0.1) is 0 Å². The van der Waals surface area contributed by atoms with Crippen molar-refractivity contribution in [2.24, 2.45) is 5.10 Å². The zero-order valence-corrected chi connectivity index (χ0v) is 16.1. The van der Waals surface area contributed by atoms with Gasteiger partial charge in [-0.25, -0.2) is 5.43 Å². The number of benzene rings is 2. The number of anilines is 1. The van der Waals surface area contributed by atoms with Crippen LogP contribution in [0.1, 0.15) is 34.2 Å². The number of carbonyl (C=O) groups excluding carboxylic acids is 2. The van der Waals surface area contributed by atoms with Crippen LogP contribution >= 0.6 is 0 Å². The van der Waals surface area contributed by atoms with Crippen molar-refractivity contribution in [1.29, 1.82) is 0 Å². The lowest BCUT2D eigenvalue weighted by Gasteiger charge is -2.09. The van der Waals surface area contributed by atoms with Crippen LogP contribution in [0, 0.1) is 13.8 Å². The van der Waals surface area contributed by atoms with Crippen molar-refractivity contribution in [3.8, 4) is 5.69 Å². The Labute approximate surface area is 163 Å². The number of hydrazone groups is 1. The molecule has 2 aromatic carbocycles. The predicted octanol–water partition coefficient (Wildman–Crippen LogP) is 3.82. The first-order chi connectivity index (χ1) is 13.5. The van der Waals surface area contributed by atoms with Gasteiger partial charge in [0.2, 0.25) is 5.91 Å². The molecule has 6 heteroatoms. The van der Waals surface area contributed by atoms with Gasteiger partial charge in [-0.05, 0) is 49.7 Å². The predicted molar refractivity (Wildman–Crippen MR) is 111 cm³/mol. The Balaban J connectivity index is 1.70. The molecule has 28 heavy (non-hydrogen) atoms. The molecule has 0 aliphatic rings. The topological polar surface area (TPSA) is 75.5 Å². The fraction of sp³-hybridized carbons (Fsp3) is 0.136. The molecule has 142 valence electrons. The maximum absolute atomic E-state index is 12.5. The van der Waals surface area contributed by atoms with Gasteiger partial charge in [0.1, 0.15) is 0 Å². The van der Waals surface area contributed by atoms with Gasteiger partial charge in [-0.2, -0.15) is 5.10 Å². The Morgan fingerprint density at radius 3 is 2.32 bits per heavy atom. The van der Waals surface area contributed by atoms with Crippen LogP contribution in [0.5, 0.6) is 0 Å². The van der Waals surface area contributed by atoms with Gasteiger partial charge in [-0.1, -0.05) is 30.3 Å². The maximum Gasteiger partial charge on any atom is 0.273 e. The van der Waals surface area contributed by atoms with Crippen molar-refractivity contribution in [3.05, 3.63) is 83.2 Å². The summed E-state index contributed by atoms with van der Waals surface area (Å²) in [5.74, 6) is -0.386. The minimum atomic E-state index is -0.263. The molecule has 3 aromatic rings. The number of aryl methyl sites for hydroxylation is 1. The van der Waals surface area contributed by atoms with Gasteiger partial charge < -0.3 is 9.88 Å². The average molecular weight is 374 g/mol. The van der Waals surface area contributed by atoms with Crippen LogP contribution in [0.3, 0.4) is 0 Å². The second-order valence-electron chi connectivity index (χ2n) is 6.46. The molecule has 0 atom stereocenters. The van der Waals surface area contributed by atoms with Crippen molar-refractivity contribution >= 4 is 23.7 Å². The summed E-state index contributed by atoms with van der Waals surface area (Å²) in [7, 11) is 0. The number of aromatic nitrogens is 1. The van der Waals surface area contributed by atoms with E-state index in [1.54, 1.807) is 18.3 Å². The third kappa shape index (κ3) is 4.35. The summed E-state index contributed by atoms with van der Waals surface area (Å²) in [4.78, 5) is 23.6. The molecule has 3 rings (SSSR count). The normalized spacial score (nSPS) is 10.8. The van der Waals surface area contributed by atoms with Crippen LogP contribution < -0.4 is 10.7 Å². The van der Waals surface area contributed by atoms with E-state index in [1.807, 2.05) is 66.9 Å². The second-order valence-corrected chi connectivity index (χ2v) is 6.46. The molecule has 1 heterocycles. The first kappa shape index (κ1) is 19.1. The van der Waals surface area contributed by atoms with E-state index in [9.17, 15) is 9.59 Å². The molecule has 0 radical (unpaired) electrons. The zero-order valence-electron chi connectivity index (χ0n) is 16.1. The summed E-state index contributed by atoms with van der Waals surface area (Å²) < 4.78 is 2.04. The third-order valence-electron chi connectivity index (χ3n) is 4.30. The molecular weight excluding hydrogens is 352 g/mol. The summed E-state index contributed by atoms with van der Waals surface area (Å²) in [6.07, 6.45) is 1.56. The van der Waals surface area contributed by atoms with Crippen LogP contribution in [-0.4, -0.2) is 22.6 Å². The summed E-state index contributed by atoms with van der Waals surface area (Å²) in [5.41, 5.74) is 7.53. The van der Waals surface area contributed by atoms with E-state index in [1.165, 1.54) is 6.92 Å². The van der Waals surface area contributed by atoms with E-state index in [0.29, 0.717) is 11.3 Å². The van der Waals surface area contributed by atoms with Crippen LogP contribution in [0.25, 0.3) is 5.69 Å². The molecule has 0 unspecified atom stereocenters. The van der Waals surface area contributed by atoms with Crippen LogP contribution in [0.4, 0.5) is 5.69 Å². The van der Waals surface area contributed by atoms with E-state index in [-0.39, 0.29) is 11.8 Å². The number of amides is 2. The monoisotopic (exact) mass is 374 g/mol. The van der Waals surface area contributed by atoms with Crippen molar-refractivity contribution in [2.45, 2.75) is 20.8 Å². The lowest BCUT2D eigenvalue weighted by molar-refractivity contribution is -0.114. The molecule has 0 spiro atoms. The van der Waals surface area contributed by atoms with Crippen LogP contribution in [0.2, 0.25) is 0 Å². The van der Waals surface area contributed by atoms with Crippen LogP contribution in [0.15, 0.2) is 65.8 Å². The first-order valence-corrected chi connectivity index (χ1v) is 8.91. The van der Waals surface area contributed by atoms with Gasteiger partial charge in [0, 0.05) is 29.7 Å². The fourth-order valence-corrected chi connectivity index (χ4v) is 3.05. The molecule has 6 nitrogen and oxygen atoms in total. The van der Waals surface area contributed by atoms with Crippen molar-refractivity contribution in [2.75, 3.05) is 5.32 Å². The van der Waals surface area contributed by atoms with Gasteiger partial charge >= 0.3 is 0 Å². The molecule has 2 N–H and O–H groups in total. The number of hydrogen-bond acceptors (Lipinski definition) is 3. The Kier molecular flexibility index (Phi) is 5.69. The number of para-hydroxylation sites is 1. The van der Waals surface area contributed by atoms with Crippen molar-refractivity contribution in [1.82, 2.24) is 9.99 Å². The largest absolute Gasteiger partial charge is 0.326 e. The quantitative estimate of drug-likeness (QED) is 0.526. The molecule has 0 fully saturated rings. The molecule has 2 amide bonds. The van der Waals surface area contributed by atoms with E-state index in [0.717, 1.165) is 22.6 Å². The number of nitrogens with one attached hydrogen (secondary N) is 2. The summed E-state index contributed by atoms with van der Waals surface area (Å²) >= 11 is 0. The molecule has 0 aliphatic carbocycles. The Bertz CT molecular complexity index is 1020. The number of nitrogens with zero attached hydrogens (tertiary/aromatic N) is 2. The zero-order chi connectivity index (χ0) is 20.1. The summed E-state index contributed by atoms with van der Waals surface area (Å²) in [5, 5.41) is 6.74. The average Bonchev–Trinajstić information content (AvgIpc) is 2.97. The standard InChI is InChI=1S/C22H22N4O2/c1-15-13-21(16(2)26(15)20-7-5-4-6-8-20)22(28)25-23-14-18-9-11-19(12-10-18)24-17(3)27/h4-14H,1-3H3,(H,24,27)(H,25,28)/b23-14-. The van der Waals surface area contributed by atoms with E-state index >= 15 is 0 Å². The van der Waals surface area contributed by atoms with Gasteiger partial charge in [-0.3, -0.25) is 9.59 Å². The summed E-state index contributed by atoms with van der Waals surface area (Å²) in [6.45, 7) is 5.34. The summed E-state index contributed by atoms with van der Waals surface area (Å²) in [6, 6.07) is 18.9. The minimum absolute atomic E-state index is 0.123. The van der Waals surface area contributed by atoms with E-state index in [4.69, 9.17) is 0 Å². The number of carbonyl (C=O) groups is 2. The number of hydrogen-bond donors (Lipinski definition) is 2. The second kappa shape index (κ2) is 8.35. The molecule has 0 aliphatic heterocycles. The number of rotatable bonds is 5. The van der Waals surface area contributed by atoms with Gasteiger partial charge in [0.05, 0.1) is 11.8 Å². The molecule has 1 aromatic heterocycles. The Hall–Kier alpha value is -3.67. The molecule has 0 bridgehead atoms. The maximum atomic E-state index is 12.5. The fourth-order valence-electron chi connectivity index (χ4n) is 3.05. The van der Waals surface area contributed by atoms with Crippen molar-refractivity contribution in [3.63, 3.8) is 0 Å². The SMILES string of the molecule is CC(=O)Nc1ccc(/C=N\NC(=O)c2cc(C)n(-c3ccccc3)c2C)cc1. The third-order valence-corrected chi connectivity index (χ3v) is 4.30. The smallest absolute Gasteiger partial charge is 0.273 e. The Morgan fingerprint density at radius 2 is 1.68 bits per heavy atom. The highest BCUT2D eigenvalue weighted by Gasteiger charge is 2.16. The lowest BCUT2D eigenvalue weighted by Crippen LogP contribution is -2.18. The van der Waals surface area contributed by atoms with Crippen LogP contribution in [-0.2, 0) is 4.79 Å². The lowest BCUT2D eigenvalue weighted by atomic mass is 10.2. The Morgan fingerprint density at radius 1 is 1.00 bits per heavy atom. The van der Waals surface area contributed by atoms with Gasteiger partial charge in [0.25, 0.3) is 5.91 Å². The molecule has 0 saturated heterocycles. The van der Waals surface area contributed by atoms with E-state index < -0.39 is 0 Å². The first-order valence-electron chi connectivity index (χ1n) is 8.91. The molecular formula is C22H22N4O2. The van der Waals surface area contributed by atoms with E-state index in [2.05, 4.69) is 15.8 Å². The highest BCUT2D eigenvalue weighted by Crippen LogP contribution is 2.20. The highest BCUT2D eigenvalue weighted by atomic mass is 16.2. The highest BCUT2D eigenvalue weighted by molar-refractivity contribution is 5.96.